The van der Waals surface area contributed by atoms with Gasteiger partial charge in [-0.1, -0.05) is 37.3 Å². The van der Waals surface area contributed by atoms with E-state index in [1.165, 1.54) is 24.5 Å². The summed E-state index contributed by atoms with van der Waals surface area (Å²) < 4.78 is 0. The molecule has 2 aromatic carbocycles. The van der Waals surface area contributed by atoms with Gasteiger partial charge in [0.05, 0.1) is 11.6 Å². The number of likely N-dealkylation sites (tertiary alicyclic amines) is 1. The van der Waals surface area contributed by atoms with E-state index >= 15 is 0 Å². The van der Waals surface area contributed by atoms with Gasteiger partial charge in [-0.3, -0.25) is 9.69 Å². The summed E-state index contributed by atoms with van der Waals surface area (Å²) in [7, 11) is 0. The molecule has 1 aliphatic rings. The van der Waals surface area contributed by atoms with Crippen LogP contribution in [0.15, 0.2) is 54.6 Å². The lowest BCUT2D eigenvalue weighted by Gasteiger charge is -2.30. The number of carbonyl (C=O) groups excluding carboxylic acids is 1. The molecule has 4 nitrogen and oxygen atoms in total. The average molecular weight is 359 g/mol. The van der Waals surface area contributed by atoms with Crippen LogP contribution in [0, 0.1) is 17.2 Å². The molecule has 0 radical (unpaired) electrons. The van der Waals surface area contributed by atoms with Gasteiger partial charge in [0.15, 0.2) is 0 Å². The quantitative estimate of drug-likeness (QED) is 0.803. The fraction of sp³-hybridized carbons (Fsp3) is 0.304. The van der Waals surface area contributed by atoms with Gasteiger partial charge in [0.25, 0.3) is 0 Å². The third kappa shape index (κ3) is 5.54. The Bertz CT molecular complexity index is 841. The largest absolute Gasteiger partial charge is 0.323 e. The number of nitrogens with one attached hydrogen (secondary N) is 1. The molecule has 0 aromatic heterocycles. The lowest BCUT2D eigenvalue weighted by molar-refractivity contribution is -0.111. The fourth-order valence-electron chi connectivity index (χ4n) is 3.27. The van der Waals surface area contributed by atoms with Crippen molar-refractivity contribution in [3.63, 3.8) is 0 Å². The molecule has 3 rings (SSSR count). The van der Waals surface area contributed by atoms with E-state index in [0.717, 1.165) is 36.8 Å². The van der Waals surface area contributed by atoms with Crippen molar-refractivity contribution >= 4 is 17.7 Å². The average Bonchev–Trinajstić information content (AvgIpc) is 2.70. The van der Waals surface area contributed by atoms with Crippen molar-refractivity contribution in [1.82, 2.24) is 4.90 Å². The second-order valence-electron chi connectivity index (χ2n) is 7.18. The van der Waals surface area contributed by atoms with Gasteiger partial charge in [-0.15, -0.1) is 0 Å². The number of nitriles is 1. The van der Waals surface area contributed by atoms with Gasteiger partial charge in [0, 0.05) is 18.3 Å². The molecule has 0 bridgehead atoms. The molecule has 1 fully saturated rings. The number of hydrogen-bond donors (Lipinski definition) is 1. The third-order valence-electron chi connectivity index (χ3n) is 5.00. The second kappa shape index (κ2) is 9.16. The Hall–Kier alpha value is -2.90. The van der Waals surface area contributed by atoms with Crippen LogP contribution in [0.1, 0.15) is 36.5 Å². The van der Waals surface area contributed by atoms with Gasteiger partial charge in [-0.05, 0) is 67.3 Å². The minimum Gasteiger partial charge on any atom is -0.323 e. The monoisotopic (exact) mass is 359 g/mol. The third-order valence-corrected chi connectivity index (χ3v) is 5.00. The highest BCUT2D eigenvalue weighted by atomic mass is 16.1. The van der Waals surface area contributed by atoms with Gasteiger partial charge in [-0.2, -0.15) is 5.26 Å². The molecule has 0 unspecified atom stereocenters. The Kier molecular flexibility index (Phi) is 6.40. The topological polar surface area (TPSA) is 56.1 Å². The van der Waals surface area contributed by atoms with Gasteiger partial charge in [0.2, 0.25) is 5.91 Å². The Morgan fingerprint density at radius 2 is 1.89 bits per heavy atom. The van der Waals surface area contributed by atoms with E-state index in [9.17, 15) is 4.79 Å². The SMILES string of the molecule is CC1CCN(Cc2ccc(NC(=O)/C=C/c3ccccc3C#N)cc2)CC1. The van der Waals surface area contributed by atoms with Crippen molar-refractivity contribution in [3.8, 4) is 6.07 Å². The Morgan fingerprint density at radius 1 is 1.19 bits per heavy atom. The van der Waals surface area contributed by atoms with Crippen LogP contribution in [-0.4, -0.2) is 23.9 Å². The van der Waals surface area contributed by atoms with Crippen LogP contribution in [0.4, 0.5) is 5.69 Å². The maximum absolute atomic E-state index is 12.1. The molecule has 138 valence electrons. The Labute approximate surface area is 161 Å². The number of amides is 1. The summed E-state index contributed by atoms with van der Waals surface area (Å²) in [6.45, 7) is 5.61. The standard InChI is InChI=1S/C23H25N3O/c1-18-12-14-26(15-13-18)17-19-6-9-22(10-7-19)25-23(27)11-8-20-4-2-3-5-21(20)16-24/h2-11,18H,12-15,17H2,1H3,(H,25,27)/b11-8+. The summed E-state index contributed by atoms with van der Waals surface area (Å²) in [5.74, 6) is 0.632. The first-order chi connectivity index (χ1) is 13.1. The summed E-state index contributed by atoms with van der Waals surface area (Å²) in [4.78, 5) is 14.6. The van der Waals surface area contributed by atoms with Crippen molar-refractivity contribution in [1.29, 1.82) is 5.26 Å². The Morgan fingerprint density at radius 3 is 2.59 bits per heavy atom. The molecular formula is C23H25N3O. The van der Waals surface area contributed by atoms with Crippen LogP contribution < -0.4 is 5.32 Å². The zero-order valence-corrected chi connectivity index (χ0v) is 15.7. The highest BCUT2D eigenvalue weighted by Crippen LogP contribution is 2.19. The Balaban J connectivity index is 1.54. The molecule has 0 atom stereocenters. The normalized spacial score (nSPS) is 15.6. The molecule has 1 amide bonds. The van der Waals surface area contributed by atoms with E-state index in [-0.39, 0.29) is 5.91 Å². The fourth-order valence-corrected chi connectivity index (χ4v) is 3.27. The van der Waals surface area contributed by atoms with Gasteiger partial charge < -0.3 is 5.32 Å². The summed E-state index contributed by atoms with van der Waals surface area (Å²) in [5.41, 5.74) is 3.33. The molecule has 0 aliphatic carbocycles. The molecule has 27 heavy (non-hydrogen) atoms. The summed E-state index contributed by atoms with van der Waals surface area (Å²) in [5, 5.41) is 12.0. The van der Waals surface area contributed by atoms with Crippen LogP contribution >= 0.6 is 0 Å². The van der Waals surface area contributed by atoms with Gasteiger partial charge in [-0.25, -0.2) is 0 Å². The van der Waals surface area contributed by atoms with Gasteiger partial charge >= 0.3 is 0 Å². The van der Waals surface area contributed by atoms with E-state index in [1.54, 1.807) is 12.1 Å². The van der Waals surface area contributed by atoms with E-state index in [0.29, 0.717) is 5.56 Å². The van der Waals surface area contributed by atoms with E-state index in [2.05, 4.69) is 35.3 Å². The van der Waals surface area contributed by atoms with Crippen LogP contribution in [0.25, 0.3) is 6.08 Å². The smallest absolute Gasteiger partial charge is 0.248 e. The molecule has 1 heterocycles. The van der Waals surface area contributed by atoms with Crippen molar-refractivity contribution in [3.05, 3.63) is 71.3 Å². The molecule has 2 aromatic rings. The van der Waals surface area contributed by atoms with E-state index in [1.807, 2.05) is 30.3 Å². The molecule has 1 N–H and O–H groups in total. The van der Waals surface area contributed by atoms with E-state index < -0.39 is 0 Å². The highest BCUT2D eigenvalue weighted by Gasteiger charge is 2.15. The first kappa shape index (κ1) is 18.9. The summed E-state index contributed by atoms with van der Waals surface area (Å²) in [6, 6.07) is 17.4. The minimum atomic E-state index is -0.208. The first-order valence-corrected chi connectivity index (χ1v) is 9.43. The molecule has 0 spiro atoms. The van der Waals surface area contributed by atoms with Crippen molar-refractivity contribution in [2.24, 2.45) is 5.92 Å². The summed E-state index contributed by atoms with van der Waals surface area (Å²) in [6.07, 6.45) is 5.67. The molecule has 1 aliphatic heterocycles. The summed E-state index contributed by atoms with van der Waals surface area (Å²) >= 11 is 0. The molecule has 0 saturated carbocycles. The lowest BCUT2D eigenvalue weighted by Crippen LogP contribution is -2.32. The lowest BCUT2D eigenvalue weighted by atomic mass is 9.99. The van der Waals surface area contributed by atoms with Crippen molar-refractivity contribution in [2.45, 2.75) is 26.3 Å². The van der Waals surface area contributed by atoms with E-state index in [4.69, 9.17) is 5.26 Å². The number of hydrogen-bond acceptors (Lipinski definition) is 3. The zero-order chi connectivity index (χ0) is 19.1. The molecular weight excluding hydrogens is 334 g/mol. The number of carbonyl (C=O) groups is 1. The minimum absolute atomic E-state index is 0.208. The van der Waals surface area contributed by atoms with Crippen molar-refractivity contribution < 1.29 is 4.79 Å². The number of rotatable bonds is 5. The van der Waals surface area contributed by atoms with Gasteiger partial charge in [0.1, 0.15) is 0 Å². The maximum Gasteiger partial charge on any atom is 0.248 e. The van der Waals surface area contributed by atoms with Crippen LogP contribution in [0.3, 0.4) is 0 Å². The predicted octanol–water partition coefficient (Wildman–Crippen LogP) is 4.44. The van der Waals surface area contributed by atoms with Crippen LogP contribution in [0.5, 0.6) is 0 Å². The number of piperidine rings is 1. The van der Waals surface area contributed by atoms with Crippen LogP contribution in [-0.2, 0) is 11.3 Å². The number of benzene rings is 2. The second-order valence-corrected chi connectivity index (χ2v) is 7.18. The first-order valence-electron chi connectivity index (χ1n) is 9.43. The predicted molar refractivity (Wildman–Crippen MR) is 109 cm³/mol. The maximum atomic E-state index is 12.1. The highest BCUT2D eigenvalue weighted by molar-refractivity contribution is 6.02. The van der Waals surface area contributed by atoms with Crippen LogP contribution in [0.2, 0.25) is 0 Å². The number of nitrogens with zero attached hydrogens (tertiary/aromatic N) is 2. The van der Waals surface area contributed by atoms with Crippen molar-refractivity contribution in [2.75, 3.05) is 18.4 Å². The zero-order valence-electron chi connectivity index (χ0n) is 15.7. The number of anilines is 1. The molecule has 4 heteroatoms. The molecule has 1 saturated heterocycles.